The Morgan fingerprint density at radius 1 is 1.29 bits per heavy atom. The van der Waals surface area contributed by atoms with Crippen LogP contribution < -0.4 is 0 Å². The van der Waals surface area contributed by atoms with Gasteiger partial charge in [-0.25, -0.2) is 9.78 Å². The first-order valence-electron chi connectivity index (χ1n) is 7.78. The van der Waals surface area contributed by atoms with E-state index in [9.17, 15) is 4.79 Å². The number of carbonyl (C=O) groups is 1. The molecule has 0 N–H and O–H groups in total. The van der Waals surface area contributed by atoms with Crippen molar-refractivity contribution in [3.8, 4) is 10.7 Å². The summed E-state index contributed by atoms with van der Waals surface area (Å²) >= 11 is 1.36. The van der Waals surface area contributed by atoms with Gasteiger partial charge in [0.05, 0.1) is 12.8 Å². The molecule has 24 heavy (non-hydrogen) atoms. The minimum absolute atomic E-state index is 0.281. The average molecular weight is 337 g/mol. The first-order valence-corrected chi connectivity index (χ1v) is 8.66. The van der Waals surface area contributed by atoms with Gasteiger partial charge in [-0.3, -0.25) is 9.97 Å². The van der Waals surface area contributed by atoms with E-state index in [0.29, 0.717) is 23.0 Å². The maximum atomic E-state index is 12.2. The van der Waals surface area contributed by atoms with Crippen LogP contribution in [0.2, 0.25) is 0 Å². The quantitative estimate of drug-likeness (QED) is 0.682. The van der Waals surface area contributed by atoms with E-state index < -0.39 is 0 Å². The molecule has 2 aromatic heterocycles. The Bertz CT molecular complexity index is 863. The van der Waals surface area contributed by atoms with Gasteiger partial charge in [-0.05, 0) is 24.0 Å². The lowest BCUT2D eigenvalue weighted by molar-refractivity contribution is 0.0473. The monoisotopic (exact) mass is 337 g/mol. The van der Waals surface area contributed by atoms with Crippen LogP contribution in [0.1, 0.15) is 34.0 Å². The third-order valence-corrected chi connectivity index (χ3v) is 5.03. The molecule has 0 saturated carbocycles. The van der Waals surface area contributed by atoms with Gasteiger partial charge in [0.15, 0.2) is 5.69 Å². The number of nitrogens with zero attached hydrogens (tertiary/aromatic N) is 3. The summed E-state index contributed by atoms with van der Waals surface area (Å²) in [5.74, 6) is -0.103. The predicted octanol–water partition coefficient (Wildman–Crippen LogP) is 3.49. The number of benzene rings is 1. The van der Waals surface area contributed by atoms with Gasteiger partial charge < -0.3 is 4.74 Å². The van der Waals surface area contributed by atoms with E-state index in [4.69, 9.17) is 4.74 Å². The summed E-state index contributed by atoms with van der Waals surface area (Å²) < 4.78 is 5.49. The SMILES string of the molecule is O=C(OCC1CCc2ccccc21)c1csc(-c2cnccn2)n1. The standard InChI is InChI=1S/C18H15N3O2S/c22-18(16-11-24-17(21-16)15-9-19-7-8-20-15)23-10-13-6-5-12-3-1-2-4-14(12)13/h1-4,7-9,11,13H,5-6,10H2. The van der Waals surface area contributed by atoms with Crippen LogP contribution in [0.4, 0.5) is 0 Å². The van der Waals surface area contributed by atoms with Gasteiger partial charge in [0.2, 0.25) is 0 Å². The first-order chi connectivity index (χ1) is 11.8. The van der Waals surface area contributed by atoms with Gasteiger partial charge in [0.25, 0.3) is 0 Å². The smallest absolute Gasteiger partial charge is 0.357 e. The fourth-order valence-electron chi connectivity index (χ4n) is 2.96. The molecule has 0 aliphatic heterocycles. The second-order valence-corrected chi connectivity index (χ2v) is 6.52. The summed E-state index contributed by atoms with van der Waals surface area (Å²) in [6.45, 7) is 0.397. The van der Waals surface area contributed by atoms with E-state index in [-0.39, 0.29) is 11.9 Å². The highest BCUT2D eigenvalue weighted by atomic mass is 32.1. The highest BCUT2D eigenvalue weighted by Gasteiger charge is 2.24. The lowest BCUT2D eigenvalue weighted by Crippen LogP contribution is -2.11. The fourth-order valence-corrected chi connectivity index (χ4v) is 3.71. The number of hydrogen-bond donors (Lipinski definition) is 0. The topological polar surface area (TPSA) is 65.0 Å². The van der Waals surface area contributed by atoms with E-state index in [0.717, 1.165) is 12.8 Å². The van der Waals surface area contributed by atoms with Crippen molar-refractivity contribution in [3.05, 3.63) is 65.1 Å². The van der Waals surface area contributed by atoms with Crippen molar-refractivity contribution < 1.29 is 9.53 Å². The molecule has 0 bridgehead atoms. The zero-order valence-electron chi connectivity index (χ0n) is 12.9. The van der Waals surface area contributed by atoms with Crippen LogP contribution in [0.15, 0.2) is 48.2 Å². The van der Waals surface area contributed by atoms with E-state index >= 15 is 0 Å². The summed E-state index contributed by atoms with van der Waals surface area (Å²) in [7, 11) is 0. The molecule has 4 rings (SSSR count). The van der Waals surface area contributed by atoms with Crippen LogP contribution in [0, 0.1) is 0 Å². The summed E-state index contributed by atoms with van der Waals surface area (Å²) in [6, 6.07) is 8.35. The molecular weight excluding hydrogens is 322 g/mol. The maximum absolute atomic E-state index is 12.2. The van der Waals surface area contributed by atoms with Crippen LogP contribution in [0.3, 0.4) is 0 Å². The van der Waals surface area contributed by atoms with Crippen molar-refractivity contribution >= 4 is 17.3 Å². The van der Waals surface area contributed by atoms with Crippen molar-refractivity contribution in [2.24, 2.45) is 0 Å². The fraction of sp³-hybridized carbons (Fsp3) is 0.222. The molecule has 0 fully saturated rings. The highest BCUT2D eigenvalue weighted by molar-refractivity contribution is 7.13. The Labute approximate surface area is 143 Å². The molecule has 3 aromatic rings. The summed E-state index contributed by atoms with van der Waals surface area (Å²) in [6.07, 6.45) is 6.90. The van der Waals surface area contributed by atoms with E-state index in [1.54, 1.807) is 24.0 Å². The van der Waals surface area contributed by atoms with Crippen LogP contribution in [0.5, 0.6) is 0 Å². The molecule has 0 saturated heterocycles. The molecule has 1 aromatic carbocycles. The second-order valence-electron chi connectivity index (χ2n) is 5.66. The number of hydrogen-bond acceptors (Lipinski definition) is 6. The van der Waals surface area contributed by atoms with Crippen molar-refractivity contribution in [3.63, 3.8) is 0 Å². The molecule has 6 heteroatoms. The lowest BCUT2D eigenvalue weighted by Gasteiger charge is -2.11. The Kier molecular flexibility index (Phi) is 4.04. The summed E-state index contributed by atoms with van der Waals surface area (Å²) in [4.78, 5) is 24.8. The molecule has 1 aliphatic carbocycles. The van der Waals surface area contributed by atoms with Gasteiger partial charge in [-0.2, -0.15) is 0 Å². The third-order valence-electron chi connectivity index (χ3n) is 4.17. The predicted molar refractivity (Wildman–Crippen MR) is 90.9 cm³/mol. The number of rotatable bonds is 4. The van der Waals surface area contributed by atoms with Crippen molar-refractivity contribution in [2.45, 2.75) is 18.8 Å². The summed E-state index contributed by atoms with van der Waals surface area (Å²) in [5, 5.41) is 2.37. The molecule has 1 aliphatic rings. The average Bonchev–Trinajstić information content (AvgIpc) is 3.28. The van der Waals surface area contributed by atoms with Crippen LogP contribution >= 0.6 is 11.3 Å². The van der Waals surface area contributed by atoms with E-state index in [2.05, 4.69) is 33.2 Å². The molecule has 1 unspecified atom stereocenters. The van der Waals surface area contributed by atoms with E-state index in [1.807, 2.05) is 6.07 Å². The zero-order valence-corrected chi connectivity index (χ0v) is 13.7. The number of fused-ring (bicyclic) bond motifs is 1. The molecule has 1 atom stereocenters. The molecule has 120 valence electrons. The van der Waals surface area contributed by atoms with Crippen LogP contribution in [-0.2, 0) is 11.2 Å². The normalized spacial score (nSPS) is 15.9. The molecule has 0 amide bonds. The van der Waals surface area contributed by atoms with Gasteiger partial charge in [-0.1, -0.05) is 24.3 Å². The molecule has 0 radical (unpaired) electrons. The Morgan fingerprint density at radius 2 is 2.21 bits per heavy atom. The van der Waals surface area contributed by atoms with Gasteiger partial charge >= 0.3 is 5.97 Å². The number of carbonyl (C=O) groups excluding carboxylic acids is 1. The van der Waals surface area contributed by atoms with E-state index in [1.165, 1.54) is 22.5 Å². The minimum Gasteiger partial charge on any atom is -0.460 e. The number of thiazole rings is 1. The Balaban J connectivity index is 1.42. The Hall–Kier alpha value is -2.60. The third kappa shape index (κ3) is 2.92. The maximum Gasteiger partial charge on any atom is 0.357 e. The first kappa shape index (κ1) is 15.0. The number of aromatic nitrogens is 3. The largest absolute Gasteiger partial charge is 0.460 e. The minimum atomic E-state index is -0.384. The molecule has 0 spiro atoms. The highest BCUT2D eigenvalue weighted by Crippen LogP contribution is 2.33. The van der Waals surface area contributed by atoms with Crippen LogP contribution in [0.25, 0.3) is 10.7 Å². The number of esters is 1. The number of ether oxygens (including phenoxy) is 1. The van der Waals surface area contributed by atoms with Gasteiger partial charge in [0.1, 0.15) is 10.7 Å². The molecule has 5 nitrogen and oxygen atoms in total. The summed E-state index contributed by atoms with van der Waals surface area (Å²) in [5.41, 5.74) is 3.64. The number of aryl methyl sites for hydroxylation is 1. The molecular formula is C18H15N3O2S. The van der Waals surface area contributed by atoms with Crippen LogP contribution in [-0.4, -0.2) is 27.5 Å². The lowest BCUT2D eigenvalue weighted by atomic mass is 10.0. The molecule has 2 heterocycles. The van der Waals surface area contributed by atoms with Gasteiger partial charge in [-0.15, -0.1) is 11.3 Å². The zero-order chi connectivity index (χ0) is 16.4. The van der Waals surface area contributed by atoms with Gasteiger partial charge in [0, 0.05) is 23.7 Å². The van der Waals surface area contributed by atoms with Crippen molar-refractivity contribution in [1.29, 1.82) is 0 Å². The van der Waals surface area contributed by atoms with Crippen molar-refractivity contribution in [1.82, 2.24) is 15.0 Å². The van der Waals surface area contributed by atoms with Crippen molar-refractivity contribution in [2.75, 3.05) is 6.61 Å². The Morgan fingerprint density at radius 3 is 3.08 bits per heavy atom. The second kappa shape index (κ2) is 6.49.